The number of nitrogens with two attached hydrogens (primary N) is 1. The Balaban J connectivity index is 2.12. The van der Waals surface area contributed by atoms with E-state index in [1.165, 1.54) is 0 Å². The maximum absolute atomic E-state index is 12.1. The lowest BCUT2D eigenvalue weighted by Crippen LogP contribution is -2.11. The lowest BCUT2D eigenvalue weighted by atomic mass is 10.1. The van der Waals surface area contributed by atoms with Gasteiger partial charge in [0, 0.05) is 17.7 Å². The summed E-state index contributed by atoms with van der Waals surface area (Å²) in [5.74, 6) is 6.66. The smallest absolute Gasteiger partial charge is 0.291 e. The minimum Gasteiger partial charge on any atom is -0.456 e. The predicted molar refractivity (Wildman–Crippen MR) is 83.2 cm³/mol. The summed E-state index contributed by atoms with van der Waals surface area (Å²) in [6.45, 7) is 4.25. The van der Waals surface area contributed by atoms with Crippen molar-refractivity contribution in [3.05, 3.63) is 53.0 Å². The van der Waals surface area contributed by atoms with Gasteiger partial charge in [-0.15, -0.1) is 0 Å². The van der Waals surface area contributed by atoms with Gasteiger partial charge in [0.15, 0.2) is 5.76 Å². The third-order valence-corrected chi connectivity index (χ3v) is 3.04. The Morgan fingerprint density at radius 1 is 1.33 bits per heavy atom. The third kappa shape index (κ3) is 3.74. The number of hydrogen-bond donors (Lipinski definition) is 2. The Morgan fingerprint density at radius 2 is 2.14 bits per heavy atom. The lowest BCUT2D eigenvalue weighted by Gasteiger charge is -2.06. The number of furan rings is 1. The Labute approximate surface area is 124 Å². The second kappa shape index (κ2) is 6.78. The first-order valence-electron chi connectivity index (χ1n) is 6.83. The van der Waals surface area contributed by atoms with E-state index in [0.29, 0.717) is 18.0 Å². The zero-order valence-corrected chi connectivity index (χ0v) is 12.2. The van der Waals surface area contributed by atoms with Crippen LogP contribution in [0.3, 0.4) is 0 Å². The van der Waals surface area contributed by atoms with Gasteiger partial charge in [-0.1, -0.05) is 18.8 Å². The topological polar surface area (TPSA) is 68.3 Å². The van der Waals surface area contributed by atoms with Gasteiger partial charge < -0.3 is 15.5 Å². The summed E-state index contributed by atoms with van der Waals surface area (Å²) in [5, 5.41) is 2.81. The van der Waals surface area contributed by atoms with Crippen molar-refractivity contribution >= 4 is 11.6 Å². The maximum Gasteiger partial charge on any atom is 0.291 e. The Hall–Kier alpha value is -2.51. The molecule has 0 saturated carbocycles. The first-order chi connectivity index (χ1) is 10.1. The molecular formula is C17H18N2O2. The van der Waals surface area contributed by atoms with Crippen LogP contribution in [0.2, 0.25) is 0 Å². The van der Waals surface area contributed by atoms with Crippen LogP contribution >= 0.6 is 0 Å². The van der Waals surface area contributed by atoms with Gasteiger partial charge in [-0.25, -0.2) is 0 Å². The molecule has 1 aromatic heterocycles. The number of benzene rings is 1. The molecule has 0 atom stereocenters. The molecule has 108 valence electrons. The second-order valence-corrected chi connectivity index (χ2v) is 4.61. The molecule has 0 spiro atoms. The summed E-state index contributed by atoms with van der Waals surface area (Å²) in [7, 11) is 0. The van der Waals surface area contributed by atoms with Crippen LogP contribution in [0.15, 0.2) is 34.7 Å². The summed E-state index contributed by atoms with van der Waals surface area (Å²) in [5.41, 5.74) is 7.97. The number of rotatable bonds is 3. The molecule has 21 heavy (non-hydrogen) atoms. The normalized spacial score (nSPS) is 9.86. The quantitative estimate of drug-likeness (QED) is 0.850. The summed E-state index contributed by atoms with van der Waals surface area (Å²) >= 11 is 0. The fourth-order valence-electron chi connectivity index (χ4n) is 1.91. The van der Waals surface area contributed by atoms with Gasteiger partial charge in [-0.3, -0.25) is 4.79 Å². The van der Waals surface area contributed by atoms with Crippen molar-refractivity contribution < 1.29 is 9.21 Å². The molecule has 1 aromatic carbocycles. The van der Waals surface area contributed by atoms with E-state index in [9.17, 15) is 4.79 Å². The average Bonchev–Trinajstić information content (AvgIpc) is 2.95. The van der Waals surface area contributed by atoms with Crippen LogP contribution < -0.4 is 11.1 Å². The first-order valence-corrected chi connectivity index (χ1v) is 6.83. The molecule has 4 nitrogen and oxygen atoms in total. The molecule has 3 N–H and O–H groups in total. The van der Waals surface area contributed by atoms with E-state index in [1.54, 1.807) is 6.07 Å². The molecule has 2 rings (SSSR count). The van der Waals surface area contributed by atoms with Gasteiger partial charge in [0.2, 0.25) is 0 Å². The van der Waals surface area contributed by atoms with Crippen molar-refractivity contribution in [3.63, 3.8) is 0 Å². The van der Waals surface area contributed by atoms with E-state index in [-0.39, 0.29) is 5.91 Å². The molecule has 0 radical (unpaired) electrons. The largest absolute Gasteiger partial charge is 0.456 e. The van der Waals surface area contributed by atoms with Crippen LogP contribution in [0.25, 0.3) is 0 Å². The minimum absolute atomic E-state index is 0.255. The van der Waals surface area contributed by atoms with Crippen LogP contribution in [-0.4, -0.2) is 12.5 Å². The summed E-state index contributed by atoms with van der Waals surface area (Å²) in [6, 6.07) is 9.05. The van der Waals surface area contributed by atoms with Crippen LogP contribution in [-0.2, 0) is 6.42 Å². The van der Waals surface area contributed by atoms with Crippen LogP contribution in [0, 0.1) is 18.8 Å². The minimum atomic E-state index is -0.255. The van der Waals surface area contributed by atoms with Crippen LogP contribution in [0.1, 0.15) is 34.4 Å². The number of carbonyl (C=O) groups excluding carboxylic acids is 1. The summed E-state index contributed by atoms with van der Waals surface area (Å²) < 4.78 is 5.43. The molecule has 1 amide bonds. The van der Waals surface area contributed by atoms with Gasteiger partial charge in [0.05, 0.1) is 6.54 Å². The van der Waals surface area contributed by atoms with Crippen molar-refractivity contribution in [3.8, 4) is 11.8 Å². The third-order valence-electron chi connectivity index (χ3n) is 3.04. The Morgan fingerprint density at radius 3 is 2.76 bits per heavy atom. The van der Waals surface area contributed by atoms with Crippen LogP contribution in [0.4, 0.5) is 5.69 Å². The van der Waals surface area contributed by atoms with Gasteiger partial charge in [0.25, 0.3) is 5.91 Å². The van der Waals surface area contributed by atoms with Crippen LogP contribution in [0.5, 0.6) is 0 Å². The molecule has 0 saturated heterocycles. The van der Waals surface area contributed by atoms with Crippen molar-refractivity contribution in [2.45, 2.75) is 20.3 Å². The Kier molecular flexibility index (Phi) is 4.81. The molecule has 2 aromatic rings. The molecule has 4 heteroatoms. The molecule has 0 fully saturated rings. The van der Waals surface area contributed by atoms with E-state index in [4.69, 9.17) is 10.2 Å². The number of anilines is 1. The zero-order valence-electron chi connectivity index (χ0n) is 12.2. The zero-order chi connectivity index (χ0) is 15.2. The molecule has 0 unspecified atom stereocenters. The number of nitrogens with one attached hydrogen (secondary N) is 1. The summed E-state index contributed by atoms with van der Waals surface area (Å²) in [6.07, 6.45) is 0.765. The maximum atomic E-state index is 12.1. The Bertz CT molecular complexity index is 705. The highest BCUT2D eigenvalue weighted by Gasteiger charge is 2.11. The van der Waals surface area contributed by atoms with Gasteiger partial charge in [0.1, 0.15) is 5.76 Å². The molecular weight excluding hydrogens is 264 g/mol. The molecule has 1 heterocycles. The van der Waals surface area contributed by atoms with Crippen molar-refractivity contribution in [1.29, 1.82) is 0 Å². The molecule has 0 aliphatic heterocycles. The van der Waals surface area contributed by atoms with E-state index in [0.717, 1.165) is 23.3 Å². The predicted octanol–water partition coefficient (Wildman–Crippen LogP) is 2.71. The van der Waals surface area contributed by atoms with Crippen molar-refractivity contribution in [1.82, 2.24) is 0 Å². The van der Waals surface area contributed by atoms with Gasteiger partial charge in [-0.05, 0) is 42.8 Å². The second-order valence-electron chi connectivity index (χ2n) is 4.61. The highest BCUT2D eigenvalue weighted by molar-refractivity contribution is 6.02. The van der Waals surface area contributed by atoms with E-state index < -0.39 is 0 Å². The standard InChI is InChI=1S/C17H18N2O2/c1-3-15-8-9-16(21-15)17(20)19-14-7-6-13(5-4-10-18)12(2)11-14/h6-9,11H,3,10,18H2,1-2H3,(H,19,20). The van der Waals surface area contributed by atoms with Crippen molar-refractivity contribution in [2.75, 3.05) is 11.9 Å². The van der Waals surface area contributed by atoms with Gasteiger partial charge in [-0.2, -0.15) is 0 Å². The average molecular weight is 282 g/mol. The summed E-state index contributed by atoms with van der Waals surface area (Å²) in [4.78, 5) is 12.1. The number of aryl methyl sites for hydroxylation is 2. The molecule has 0 aliphatic carbocycles. The highest BCUT2D eigenvalue weighted by atomic mass is 16.3. The van der Waals surface area contributed by atoms with Crippen molar-refractivity contribution in [2.24, 2.45) is 5.73 Å². The first kappa shape index (κ1) is 14.9. The number of amides is 1. The van der Waals surface area contributed by atoms with Gasteiger partial charge >= 0.3 is 0 Å². The van der Waals surface area contributed by atoms with E-state index >= 15 is 0 Å². The highest BCUT2D eigenvalue weighted by Crippen LogP contribution is 2.16. The lowest BCUT2D eigenvalue weighted by molar-refractivity contribution is 0.0995. The fourth-order valence-corrected chi connectivity index (χ4v) is 1.91. The number of hydrogen-bond acceptors (Lipinski definition) is 3. The number of carbonyl (C=O) groups is 1. The molecule has 0 bridgehead atoms. The SMILES string of the molecule is CCc1ccc(C(=O)Nc2ccc(C#CCN)c(C)c2)o1. The molecule has 0 aliphatic rings. The van der Waals surface area contributed by atoms with E-state index in [2.05, 4.69) is 17.2 Å². The monoisotopic (exact) mass is 282 g/mol. The van der Waals surface area contributed by atoms with E-state index in [1.807, 2.05) is 38.1 Å². The fraction of sp³-hybridized carbons (Fsp3) is 0.235.